The molecule has 6 nitrogen and oxygen atoms in total. The van der Waals surface area contributed by atoms with Crippen molar-refractivity contribution in [2.75, 3.05) is 26.2 Å². The van der Waals surface area contributed by atoms with Gasteiger partial charge in [0, 0.05) is 31.7 Å². The molecule has 0 spiro atoms. The predicted molar refractivity (Wildman–Crippen MR) is 82.6 cm³/mol. The van der Waals surface area contributed by atoms with Gasteiger partial charge in [0.2, 0.25) is 10.0 Å². The second-order valence-corrected chi connectivity index (χ2v) is 7.86. The van der Waals surface area contributed by atoms with Crippen LogP contribution in [0.2, 0.25) is 0 Å². The topological polar surface area (TPSA) is 67.9 Å². The fourth-order valence-electron chi connectivity index (χ4n) is 2.76. The summed E-state index contributed by atoms with van der Waals surface area (Å²) >= 11 is 0. The molecule has 0 amide bonds. The van der Waals surface area contributed by atoms with E-state index in [0.29, 0.717) is 19.2 Å². The lowest BCUT2D eigenvalue weighted by molar-refractivity contribution is -0.274. The van der Waals surface area contributed by atoms with Gasteiger partial charge in [0.25, 0.3) is 0 Å². The lowest BCUT2D eigenvalue weighted by Gasteiger charge is -2.33. The third-order valence-corrected chi connectivity index (χ3v) is 5.51. The van der Waals surface area contributed by atoms with Crippen molar-refractivity contribution in [3.63, 3.8) is 0 Å². The molecule has 1 aromatic carbocycles. The summed E-state index contributed by atoms with van der Waals surface area (Å²) in [4.78, 5) is 1.99. The van der Waals surface area contributed by atoms with Crippen LogP contribution in [-0.4, -0.2) is 58.1 Å². The number of benzene rings is 1. The van der Waals surface area contributed by atoms with E-state index in [-0.39, 0.29) is 17.5 Å². The number of hydrogen-bond acceptors (Lipinski definition) is 5. The van der Waals surface area contributed by atoms with Crippen molar-refractivity contribution >= 4 is 10.0 Å². The summed E-state index contributed by atoms with van der Waals surface area (Å²) in [6.07, 6.45) is -2.84. The molecule has 2 aliphatic rings. The maximum atomic E-state index is 12.3. The Kier molecular flexibility index (Phi) is 5.24. The molecule has 1 aliphatic heterocycles. The second kappa shape index (κ2) is 7.10. The summed E-state index contributed by atoms with van der Waals surface area (Å²) in [5.41, 5.74) is 0. The molecule has 140 valence electrons. The maximum Gasteiger partial charge on any atom is 0.573 e. The zero-order chi connectivity index (χ0) is 18.1. The van der Waals surface area contributed by atoms with Gasteiger partial charge in [-0.1, -0.05) is 6.07 Å². The van der Waals surface area contributed by atoms with Crippen molar-refractivity contribution < 1.29 is 31.1 Å². The number of morpholine rings is 1. The predicted octanol–water partition coefficient (Wildman–Crippen LogP) is 1.73. The molecule has 1 saturated heterocycles. The van der Waals surface area contributed by atoms with Crippen LogP contribution in [0.4, 0.5) is 13.2 Å². The van der Waals surface area contributed by atoms with Gasteiger partial charge < -0.3 is 9.47 Å². The first kappa shape index (κ1) is 18.4. The highest BCUT2D eigenvalue weighted by atomic mass is 32.2. The summed E-state index contributed by atoms with van der Waals surface area (Å²) in [5, 5.41) is 0. The Morgan fingerprint density at radius 3 is 2.76 bits per heavy atom. The summed E-state index contributed by atoms with van der Waals surface area (Å²) in [6, 6.07) is 4.86. The minimum Gasteiger partial charge on any atom is -0.406 e. The highest BCUT2D eigenvalue weighted by Gasteiger charge is 2.34. The summed E-state index contributed by atoms with van der Waals surface area (Å²) in [6.45, 7) is 2.09. The molecule has 1 N–H and O–H groups in total. The van der Waals surface area contributed by atoms with Gasteiger partial charge in [-0.3, -0.25) is 4.90 Å². The first-order valence-corrected chi connectivity index (χ1v) is 9.42. The van der Waals surface area contributed by atoms with Crippen LogP contribution in [0.3, 0.4) is 0 Å². The number of nitrogens with zero attached hydrogens (tertiary/aromatic N) is 1. The van der Waals surface area contributed by atoms with Crippen LogP contribution in [-0.2, 0) is 14.8 Å². The summed E-state index contributed by atoms with van der Waals surface area (Å²) in [5.74, 6) is -0.579. The van der Waals surface area contributed by atoms with Gasteiger partial charge in [-0.15, -0.1) is 13.2 Å². The van der Waals surface area contributed by atoms with E-state index >= 15 is 0 Å². The minimum atomic E-state index is -4.88. The Balaban J connectivity index is 1.60. The number of alkyl halides is 3. The lowest BCUT2D eigenvalue weighted by atomic mass is 10.2. The zero-order valence-corrected chi connectivity index (χ0v) is 14.1. The van der Waals surface area contributed by atoms with Crippen LogP contribution in [0.1, 0.15) is 12.8 Å². The first-order chi connectivity index (χ1) is 11.7. The molecule has 1 heterocycles. The zero-order valence-electron chi connectivity index (χ0n) is 13.3. The van der Waals surface area contributed by atoms with Gasteiger partial charge in [0.15, 0.2) is 0 Å². The molecule has 25 heavy (non-hydrogen) atoms. The van der Waals surface area contributed by atoms with E-state index in [1.54, 1.807) is 0 Å². The molecule has 0 radical (unpaired) electrons. The Labute approximate surface area is 143 Å². The molecule has 1 aromatic rings. The Bertz CT molecular complexity index is 707. The van der Waals surface area contributed by atoms with Crippen molar-refractivity contribution in [3.8, 4) is 5.75 Å². The minimum absolute atomic E-state index is 0.0654. The van der Waals surface area contributed by atoms with Gasteiger partial charge >= 0.3 is 6.36 Å². The van der Waals surface area contributed by atoms with Crippen molar-refractivity contribution in [2.45, 2.75) is 36.2 Å². The third-order valence-electron chi connectivity index (χ3n) is 4.08. The molecule has 1 aliphatic carbocycles. The molecule has 1 saturated carbocycles. The normalized spacial score (nSPS) is 22.8. The average Bonchev–Trinajstić information content (AvgIpc) is 3.37. The van der Waals surface area contributed by atoms with Gasteiger partial charge in [0.1, 0.15) is 5.75 Å². The summed E-state index contributed by atoms with van der Waals surface area (Å²) < 4.78 is 73.1. The van der Waals surface area contributed by atoms with Crippen molar-refractivity contribution in [1.82, 2.24) is 9.62 Å². The van der Waals surface area contributed by atoms with Crippen molar-refractivity contribution in [1.29, 1.82) is 0 Å². The van der Waals surface area contributed by atoms with Crippen LogP contribution in [0.15, 0.2) is 29.2 Å². The number of hydrogen-bond donors (Lipinski definition) is 1. The highest BCUT2D eigenvalue weighted by molar-refractivity contribution is 7.89. The van der Waals surface area contributed by atoms with Gasteiger partial charge in [-0.25, -0.2) is 13.1 Å². The number of halogens is 3. The molecule has 3 rings (SSSR count). The lowest BCUT2D eigenvalue weighted by Crippen LogP contribution is -2.48. The van der Waals surface area contributed by atoms with Gasteiger partial charge in [-0.05, 0) is 25.0 Å². The SMILES string of the molecule is O=S(=O)(NCC1CN(C2CC2)CCO1)c1cccc(OC(F)(F)F)c1. The Hall–Kier alpha value is -1.36. The van der Waals surface area contributed by atoms with E-state index in [9.17, 15) is 21.6 Å². The molecule has 2 fully saturated rings. The number of sulfonamides is 1. The van der Waals surface area contributed by atoms with Crippen molar-refractivity contribution in [3.05, 3.63) is 24.3 Å². The van der Waals surface area contributed by atoms with Gasteiger partial charge in [0.05, 0.1) is 17.6 Å². The van der Waals surface area contributed by atoms with Crippen LogP contribution in [0.25, 0.3) is 0 Å². The van der Waals surface area contributed by atoms with Crippen LogP contribution >= 0.6 is 0 Å². The number of nitrogens with one attached hydrogen (secondary N) is 1. The molecule has 0 bridgehead atoms. The highest BCUT2D eigenvalue weighted by Crippen LogP contribution is 2.28. The molecular formula is C15H19F3N2O4S. The molecule has 0 aromatic heterocycles. The standard InChI is InChI=1S/C15H19F3N2O4S/c16-15(17,18)24-12-2-1-3-14(8-12)25(21,22)19-9-13-10-20(6-7-23-13)11-4-5-11/h1-3,8,11,13,19H,4-7,9-10H2. The molecule has 1 atom stereocenters. The van der Waals surface area contributed by atoms with E-state index in [0.717, 1.165) is 31.5 Å². The third kappa shape index (κ3) is 5.30. The van der Waals surface area contributed by atoms with E-state index in [4.69, 9.17) is 4.74 Å². The monoisotopic (exact) mass is 380 g/mol. The fraction of sp³-hybridized carbons (Fsp3) is 0.600. The smallest absolute Gasteiger partial charge is 0.406 e. The largest absolute Gasteiger partial charge is 0.573 e. The molecule has 10 heteroatoms. The quantitative estimate of drug-likeness (QED) is 0.814. The van der Waals surface area contributed by atoms with Crippen LogP contribution in [0, 0.1) is 0 Å². The van der Waals surface area contributed by atoms with Crippen molar-refractivity contribution in [2.24, 2.45) is 0 Å². The second-order valence-electron chi connectivity index (χ2n) is 6.09. The molecule has 1 unspecified atom stereocenters. The fourth-order valence-corrected chi connectivity index (χ4v) is 3.86. The average molecular weight is 380 g/mol. The summed E-state index contributed by atoms with van der Waals surface area (Å²) in [7, 11) is -3.96. The van der Waals surface area contributed by atoms with Crippen LogP contribution in [0.5, 0.6) is 5.75 Å². The Morgan fingerprint density at radius 1 is 1.32 bits per heavy atom. The van der Waals surface area contributed by atoms with E-state index in [1.807, 2.05) is 0 Å². The van der Waals surface area contributed by atoms with E-state index < -0.39 is 22.1 Å². The number of ether oxygens (including phenoxy) is 2. The number of rotatable bonds is 6. The maximum absolute atomic E-state index is 12.3. The van der Waals surface area contributed by atoms with Gasteiger partial charge in [-0.2, -0.15) is 0 Å². The van der Waals surface area contributed by atoms with E-state index in [2.05, 4.69) is 14.4 Å². The Morgan fingerprint density at radius 2 is 2.08 bits per heavy atom. The molecular weight excluding hydrogens is 361 g/mol. The van der Waals surface area contributed by atoms with Crippen LogP contribution < -0.4 is 9.46 Å². The first-order valence-electron chi connectivity index (χ1n) is 7.94. The van der Waals surface area contributed by atoms with E-state index in [1.165, 1.54) is 12.1 Å².